The maximum Gasteiger partial charge on any atom is 0.407 e. The molecule has 2 saturated heterocycles. The summed E-state index contributed by atoms with van der Waals surface area (Å²) in [5.74, 6) is 1.52. The number of ether oxygens (including phenoxy) is 2. The zero-order chi connectivity index (χ0) is 44.4. The van der Waals surface area contributed by atoms with Crippen molar-refractivity contribution in [3.63, 3.8) is 0 Å². The number of H-pyrrole nitrogens is 2. The average molecular weight is 855 g/mol. The lowest BCUT2D eigenvalue weighted by Crippen LogP contribution is -2.56. The summed E-state index contributed by atoms with van der Waals surface area (Å²) >= 11 is 0. The molecule has 2 bridgehead atoms. The summed E-state index contributed by atoms with van der Waals surface area (Å²) in [5, 5.41) is 7.77. The van der Waals surface area contributed by atoms with Crippen molar-refractivity contribution >= 4 is 34.8 Å². The second kappa shape index (κ2) is 16.2. The molecule has 14 nitrogen and oxygen atoms in total. The fourth-order valence-corrected chi connectivity index (χ4v) is 10.3. The topological polar surface area (TPSA) is 175 Å². The lowest BCUT2D eigenvalue weighted by Gasteiger charge is -2.40. The van der Waals surface area contributed by atoms with Crippen molar-refractivity contribution < 1.29 is 28.7 Å². The largest absolute Gasteiger partial charge is 0.453 e. The summed E-state index contributed by atoms with van der Waals surface area (Å²) in [4.78, 5) is 73.1. The normalized spacial score (nSPS) is 22.1. The molecule has 5 aromatic rings. The molecule has 2 aliphatic carbocycles. The molecule has 4 N–H and O–H groups in total. The lowest BCUT2D eigenvalue weighted by molar-refractivity contribution is -0.141. The van der Waals surface area contributed by atoms with Crippen LogP contribution in [0.5, 0.6) is 0 Å². The van der Waals surface area contributed by atoms with E-state index in [9.17, 15) is 19.2 Å². The fourth-order valence-electron chi connectivity index (χ4n) is 10.3. The van der Waals surface area contributed by atoms with Crippen LogP contribution in [0.1, 0.15) is 96.9 Å². The number of aromatic amines is 2. The minimum absolute atomic E-state index is 0.102. The Balaban J connectivity index is 0.896. The Morgan fingerprint density at radius 3 is 2.00 bits per heavy atom. The van der Waals surface area contributed by atoms with Gasteiger partial charge in [-0.3, -0.25) is 9.59 Å². The van der Waals surface area contributed by atoms with E-state index in [4.69, 9.17) is 19.4 Å². The summed E-state index contributed by atoms with van der Waals surface area (Å²) in [6, 6.07) is 19.6. The van der Waals surface area contributed by atoms with Gasteiger partial charge in [0.05, 0.1) is 50.1 Å². The number of likely N-dealkylation sites (tertiary alicyclic amines) is 2. The molecule has 330 valence electrons. The molecule has 3 aromatic carbocycles. The zero-order valence-electron chi connectivity index (χ0n) is 37.2. The molecule has 0 radical (unpaired) electrons. The molecule has 4 fully saturated rings. The fraction of sp³-hybridized carbons (Fsp3) is 0.469. The summed E-state index contributed by atoms with van der Waals surface area (Å²) in [5.41, 5.74) is 5.57. The molecule has 6 atom stereocenters. The van der Waals surface area contributed by atoms with E-state index < -0.39 is 29.7 Å². The first-order valence-electron chi connectivity index (χ1n) is 22.2. The van der Waals surface area contributed by atoms with Gasteiger partial charge in [0.2, 0.25) is 11.8 Å². The second-order valence-electron chi connectivity index (χ2n) is 19.6. The van der Waals surface area contributed by atoms with Crippen molar-refractivity contribution in [3.05, 3.63) is 84.7 Å². The van der Waals surface area contributed by atoms with Crippen molar-refractivity contribution in [2.45, 2.75) is 103 Å². The Bertz CT molecular complexity index is 2550. The van der Waals surface area contributed by atoms with E-state index in [1.807, 2.05) is 56.8 Å². The molecule has 2 saturated carbocycles. The highest BCUT2D eigenvalue weighted by Gasteiger charge is 2.55. The smallest absolute Gasteiger partial charge is 0.407 e. The predicted octanol–water partition coefficient (Wildman–Crippen LogP) is 8.54. The Labute approximate surface area is 367 Å². The number of nitrogens with zero attached hydrogens (tertiary/aromatic N) is 4. The molecule has 4 heterocycles. The molecule has 63 heavy (non-hydrogen) atoms. The average Bonchev–Trinajstić information content (AvgIpc) is 3.91. The van der Waals surface area contributed by atoms with Crippen molar-refractivity contribution in [2.24, 2.45) is 22.7 Å². The molecule has 4 amide bonds. The number of nitrogens with one attached hydrogen (secondary N) is 4. The quantitative estimate of drug-likeness (QED) is 0.108. The van der Waals surface area contributed by atoms with Gasteiger partial charge in [-0.05, 0) is 101 Å². The molecule has 2 aromatic heterocycles. The van der Waals surface area contributed by atoms with Gasteiger partial charge in [0, 0.05) is 18.2 Å². The third-order valence-electron chi connectivity index (χ3n) is 14.0. The van der Waals surface area contributed by atoms with Gasteiger partial charge < -0.3 is 39.9 Å². The Kier molecular flexibility index (Phi) is 10.8. The van der Waals surface area contributed by atoms with E-state index >= 15 is 0 Å². The zero-order valence-corrected chi connectivity index (χ0v) is 37.2. The Morgan fingerprint density at radius 2 is 1.35 bits per heavy atom. The monoisotopic (exact) mass is 854 g/mol. The van der Waals surface area contributed by atoms with Crippen molar-refractivity contribution in [3.8, 4) is 33.6 Å². The van der Waals surface area contributed by atoms with Crippen LogP contribution in [0.3, 0.4) is 0 Å². The number of aromatic nitrogens is 4. The number of rotatable bonds is 10. The molecular formula is C49H58N8O6. The molecule has 9 rings (SSSR count). The van der Waals surface area contributed by atoms with E-state index in [2.05, 4.69) is 81.3 Å². The van der Waals surface area contributed by atoms with E-state index in [1.165, 1.54) is 14.2 Å². The molecule has 14 heteroatoms. The first-order valence-corrected chi connectivity index (χ1v) is 22.2. The number of benzene rings is 3. The van der Waals surface area contributed by atoms with Gasteiger partial charge in [0.1, 0.15) is 23.7 Å². The number of alkyl carbamates (subject to hydrolysis) is 2. The molecular weight excluding hydrogens is 797 g/mol. The van der Waals surface area contributed by atoms with Crippen LogP contribution in [0.25, 0.3) is 44.4 Å². The third-order valence-corrected chi connectivity index (χ3v) is 14.0. The van der Waals surface area contributed by atoms with Crippen molar-refractivity contribution in [2.75, 3.05) is 20.8 Å². The van der Waals surface area contributed by atoms with E-state index in [0.29, 0.717) is 12.5 Å². The third kappa shape index (κ3) is 8.04. The van der Waals surface area contributed by atoms with Crippen LogP contribution >= 0.6 is 0 Å². The second-order valence-corrected chi connectivity index (χ2v) is 19.6. The van der Waals surface area contributed by atoms with E-state index in [1.54, 1.807) is 0 Å². The molecule has 3 unspecified atom stereocenters. The first kappa shape index (κ1) is 42.1. The van der Waals surface area contributed by atoms with Crippen molar-refractivity contribution in [1.82, 2.24) is 40.4 Å². The van der Waals surface area contributed by atoms with Crippen LogP contribution in [0.2, 0.25) is 0 Å². The number of fused-ring (bicyclic) bond motifs is 3. The van der Waals surface area contributed by atoms with E-state index in [0.717, 1.165) is 94.6 Å². The highest BCUT2D eigenvalue weighted by Crippen LogP contribution is 2.58. The number of piperidine rings is 1. The predicted molar refractivity (Wildman–Crippen MR) is 239 cm³/mol. The van der Waals surface area contributed by atoms with Gasteiger partial charge >= 0.3 is 12.2 Å². The van der Waals surface area contributed by atoms with Gasteiger partial charge in [-0.15, -0.1) is 0 Å². The number of carbonyl (C=O) groups excluding carboxylic acids is 4. The summed E-state index contributed by atoms with van der Waals surface area (Å²) < 4.78 is 9.70. The standard InChI is InChI=1S/C49H58N8O6/c1-27(2)39(54-46(60)62-6)44(58)56-26-49(18-19-49)23-38(56)42-50-25-37(52-42)33-15-14-31-20-30(12-13-32(31)21-33)28-8-10-29(11-9-28)36-24-51-43(53-36)40-34-16-17-35(22-34)57(40)45(59)41(48(3,4)5)55-47(61)63-7/h8-15,20-21,24-25,27,34-35,38-41H,16-19,22-23,26H2,1-7H3,(H,50,52)(H,51,53)(H,54,60)(H,55,61)/t34?,35?,38-,39-,40?,41+/m0/s1. The number of amides is 4. The number of carbonyl (C=O) groups is 4. The maximum absolute atomic E-state index is 14.2. The van der Waals surface area contributed by atoms with Crippen LogP contribution < -0.4 is 10.6 Å². The highest BCUT2D eigenvalue weighted by atomic mass is 16.5. The van der Waals surface area contributed by atoms with Gasteiger partial charge in [0.25, 0.3) is 0 Å². The lowest BCUT2D eigenvalue weighted by atomic mass is 9.85. The molecule has 2 aliphatic heterocycles. The number of imidazole rings is 2. The van der Waals surface area contributed by atoms with Gasteiger partial charge in [-0.1, -0.05) is 83.1 Å². The van der Waals surface area contributed by atoms with E-state index in [-0.39, 0.29) is 41.3 Å². The van der Waals surface area contributed by atoms with Gasteiger partial charge in [0.15, 0.2) is 0 Å². The Morgan fingerprint density at radius 1 is 0.762 bits per heavy atom. The molecule has 4 aliphatic rings. The first-order chi connectivity index (χ1) is 30.1. The number of hydrogen-bond donors (Lipinski definition) is 4. The minimum atomic E-state index is -0.734. The summed E-state index contributed by atoms with van der Waals surface area (Å²) in [6.45, 7) is 10.4. The summed E-state index contributed by atoms with van der Waals surface area (Å²) in [7, 11) is 2.62. The van der Waals surface area contributed by atoms with Gasteiger partial charge in [-0.25, -0.2) is 19.6 Å². The number of hydrogen-bond acceptors (Lipinski definition) is 8. The van der Waals surface area contributed by atoms with Crippen LogP contribution in [-0.2, 0) is 19.1 Å². The summed E-state index contributed by atoms with van der Waals surface area (Å²) in [6.07, 6.45) is 8.40. The van der Waals surface area contributed by atoms with Crippen LogP contribution in [-0.4, -0.2) is 92.6 Å². The van der Waals surface area contributed by atoms with Crippen LogP contribution in [0.4, 0.5) is 9.59 Å². The number of methoxy groups -OCH3 is 2. The van der Waals surface area contributed by atoms with Crippen LogP contribution in [0.15, 0.2) is 73.1 Å². The molecule has 1 spiro atoms. The van der Waals surface area contributed by atoms with Crippen molar-refractivity contribution in [1.29, 1.82) is 0 Å². The SMILES string of the molecule is COC(=O)N[C@H](C(=O)N1CC2(CC2)C[C@H]1c1ncc(-c2ccc3cc(-c4ccc(-c5cnc(C6C7CCC(C7)N6C(=O)[C@@H](NC(=O)OC)C(C)(C)C)[nH]5)cc4)ccc3c2)[nH]1)C(C)C. The minimum Gasteiger partial charge on any atom is -0.453 e. The maximum atomic E-state index is 14.2. The Hall–Kier alpha value is -6.18. The van der Waals surface area contributed by atoms with Crippen LogP contribution in [0, 0.1) is 22.7 Å². The van der Waals surface area contributed by atoms with Gasteiger partial charge in [-0.2, -0.15) is 0 Å². The highest BCUT2D eigenvalue weighted by molar-refractivity contribution is 5.91.